The second kappa shape index (κ2) is 6.32. The molecule has 0 radical (unpaired) electrons. The van der Waals surface area contributed by atoms with Gasteiger partial charge < -0.3 is 14.4 Å². The lowest BCUT2D eigenvalue weighted by molar-refractivity contribution is 0.00154. The lowest BCUT2D eigenvalue weighted by Gasteiger charge is -2.23. The van der Waals surface area contributed by atoms with Crippen LogP contribution in [0.3, 0.4) is 0 Å². The van der Waals surface area contributed by atoms with Gasteiger partial charge in [0.2, 0.25) is 0 Å². The maximum absolute atomic E-state index is 13.1. The standard InChI is InChI=1S/C21H24N2O3/c24-20(19-18-4-2-1-3-16(18)7-9-22-19)23-10-8-21(14-23)11-17(13-26-21)25-12-15-5-6-15/h1-4,7,9,15,17H,5-6,8,10-14H2. The third kappa shape index (κ3) is 2.99. The van der Waals surface area contributed by atoms with E-state index < -0.39 is 0 Å². The zero-order chi connectivity index (χ0) is 17.6. The van der Waals surface area contributed by atoms with Gasteiger partial charge in [-0.25, -0.2) is 0 Å². The Kier molecular flexibility index (Phi) is 3.94. The molecule has 1 saturated carbocycles. The summed E-state index contributed by atoms with van der Waals surface area (Å²) < 4.78 is 12.1. The Morgan fingerprint density at radius 1 is 1.31 bits per heavy atom. The van der Waals surface area contributed by atoms with Crippen molar-refractivity contribution in [3.63, 3.8) is 0 Å². The molecule has 26 heavy (non-hydrogen) atoms. The van der Waals surface area contributed by atoms with Gasteiger partial charge in [0.1, 0.15) is 5.69 Å². The maximum atomic E-state index is 13.1. The average molecular weight is 352 g/mol. The smallest absolute Gasteiger partial charge is 0.273 e. The Morgan fingerprint density at radius 2 is 2.19 bits per heavy atom. The molecule has 3 fully saturated rings. The molecule has 1 aromatic heterocycles. The van der Waals surface area contributed by atoms with Gasteiger partial charge in [0.15, 0.2) is 0 Å². The van der Waals surface area contributed by atoms with Crippen LogP contribution >= 0.6 is 0 Å². The highest BCUT2D eigenvalue weighted by Gasteiger charge is 2.47. The van der Waals surface area contributed by atoms with Crippen LogP contribution in [0.2, 0.25) is 0 Å². The first-order valence-electron chi connectivity index (χ1n) is 9.61. The molecule has 1 aliphatic carbocycles. The number of nitrogens with zero attached hydrogens (tertiary/aromatic N) is 2. The van der Waals surface area contributed by atoms with Gasteiger partial charge in [0, 0.05) is 31.2 Å². The molecule has 1 spiro atoms. The minimum atomic E-state index is -0.228. The van der Waals surface area contributed by atoms with E-state index in [1.54, 1.807) is 6.20 Å². The summed E-state index contributed by atoms with van der Waals surface area (Å²) >= 11 is 0. The number of amides is 1. The molecule has 2 atom stereocenters. The average Bonchev–Trinajstić information content (AvgIpc) is 3.30. The normalized spacial score (nSPS) is 28.3. The third-order valence-electron chi connectivity index (χ3n) is 5.92. The van der Waals surface area contributed by atoms with Crippen LogP contribution in [0, 0.1) is 5.92 Å². The molecule has 0 N–H and O–H groups in total. The topological polar surface area (TPSA) is 51.7 Å². The lowest BCUT2D eigenvalue weighted by atomic mass is 9.98. The quantitative estimate of drug-likeness (QED) is 0.849. The van der Waals surface area contributed by atoms with E-state index in [-0.39, 0.29) is 17.6 Å². The Bertz CT molecular complexity index is 830. The highest BCUT2D eigenvalue weighted by atomic mass is 16.6. The maximum Gasteiger partial charge on any atom is 0.273 e. The molecular weight excluding hydrogens is 328 g/mol. The number of fused-ring (bicyclic) bond motifs is 1. The molecule has 2 saturated heterocycles. The predicted molar refractivity (Wildman–Crippen MR) is 98.0 cm³/mol. The molecule has 1 aromatic carbocycles. The fraction of sp³-hybridized carbons (Fsp3) is 0.524. The van der Waals surface area contributed by atoms with Crippen LogP contribution in [0.1, 0.15) is 36.2 Å². The molecule has 0 bridgehead atoms. The molecule has 2 aliphatic heterocycles. The number of rotatable bonds is 4. The Labute approximate surface area is 153 Å². The molecule has 5 heteroatoms. The number of hydrogen-bond acceptors (Lipinski definition) is 4. The molecule has 5 nitrogen and oxygen atoms in total. The van der Waals surface area contributed by atoms with Crippen LogP contribution < -0.4 is 0 Å². The van der Waals surface area contributed by atoms with Gasteiger partial charge in [-0.15, -0.1) is 0 Å². The van der Waals surface area contributed by atoms with Crippen LogP contribution in [0.15, 0.2) is 36.5 Å². The highest BCUT2D eigenvalue weighted by Crippen LogP contribution is 2.38. The van der Waals surface area contributed by atoms with Gasteiger partial charge in [0.25, 0.3) is 5.91 Å². The zero-order valence-corrected chi connectivity index (χ0v) is 14.9. The van der Waals surface area contributed by atoms with E-state index in [2.05, 4.69) is 4.98 Å². The molecule has 3 aliphatic rings. The molecule has 136 valence electrons. The number of carbonyl (C=O) groups is 1. The summed E-state index contributed by atoms with van der Waals surface area (Å²) in [6.45, 7) is 2.88. The van der Waals surface area contributed by atoms with Crippen molar-refractivity contribution < 1.29 is 14.3 Å². The Hall–Kier alpha value is -1.98. The van der Waals surface area contributed by atoms with Crippen LogP contribution in [0.4, 0.5) is 0 Å². The van der Waals surface area contributed by atoms with Crippen molar-refractivity contribution in [3.8, 4) is 0 Å². The van der Waals surface area contributed by atoms with Crippen molar-refractivity contribution >= 4 is 16.7 Å². The van der Waals surface area contributed by atoms with Gasteiger partial charge in [-0.2, -0.15) is 0 Å². The summed E-state index contributed by atoms with van der Waals surface area (Å²) in [5.74, 6) is 0.773. The molecule has 1 amide bonds. The molecule has 2 aromatic rings. The van der Waals surface area contributed by atoms with E-state index in [0.29, 0.717) is 18.8 Å². The van der Waals surface area contributed by atoms with Gasteiger partial charge >= 0.3 is 0 Å². The van der Waals surface area contributed by atoms with Crippen LogP contribution in [-0.2, 0) is 9.47 Å². The molecule has 2 unspecified atom stereocenters. The number of likely N-dealkylation sites (tertiary alicyclic amines) is 1. The van der Waals surface area contributed by atoms with Crippen molar-refractivity contribution in [2.45, 2.75) is 37.4 Å². The van der Waals surface area contributed by atoms with E-state index in [4.69, 9.17) is 9.47 Å². The summed E-state index contributed by atoms with van der Waals surface area (Å²) in [4.78, 5) is 19.4. The minimum Gasteiger partial charge on any atom is -0.375 e. The van der Waals surface area contributed by atoms with Crippen molar-refractivity contribution in [2.24, 2.45) is 5.92 Å². The fourth-order valence-corrected chi connectivity index (χ4v) is 4.21. The van der Waals surface area contributed by atoms with Crippen molar-refractivity contribution in [1.29, 1.82) is 0 Å². The largest absolute Gasteiger partial charge is 0.375 e. The third-order valence-corrected chi connectivity index (χ3v) is 5.92. The number of ether oxygens (including phenoxy) is 2. The van der Waals surface area contributed by atoms with E-state index in [1.807, 2.05) is 35.2 Å². The fourth-order valence-electron chi connectivity index (χ4n) is 4.21. The van der Waals surface area contributed by atoms with Gasteiger partial charge in [-0.3, -0.25) is 9.78 Å². The van der Waals surface area contributed by atoms with Crippen molar-refractivity contribution in [1.82, 2.24) is 9.88 Å². The van der Waals surface area contributed by atoms with E-state index >= 15 is 0 Å². The van der Waals surface area contributed by atoms with Crippen molar-refractivity contribution in [2.75, 3.05) is 26.3 Å². The monoisotopic (exact) mass is 352 g/mol. The van der Waals surface area contributed by atoms with Crippen LogP contribution in [-0.4, -0.2) is 53.8 Å². The molecule has 3 heterocycles. The summed E-state index contributed by atoms with van der Waals surface area (Å²) in [5, 5.41) is 1.96. The number of carbonyl (C=O) groups excluding carboxylic acids is 1. The molecule has 5 rings (SSSR count). The van der Waals surface area contributed by atoms with Crippen LogP contribution in [0.5, 0.6) is 0 Å². The van der Waals surface area contributed by atoms with Crippen LogP contribution in [0.25, 0.3) is 10.8 Å². The Morgan fingerprint density at radius 3 is 3.08 bits per heavy atom. The first-order chi connectivity index (χ1) is 12.7. The zero-order valence-electron chi connectivity index (χ0n) is 14.9. The van der Waals surface area contributed by atoms with E-state index in [9.17, 15) is 4.79 Å². The summed E-state index contributed by atoms with van der Waals surface area (Å²) in [6, 6.07) is 9.86. The van der Waals surface area contributed by atoms with Gasteiger partial charge in [-0.1, -0.05) is 24.3 Å². The number of pyridine rings is 1. The Balaban J connectivity index is 1.29. The van der Waals surface area contributed by atoms with E-state index in [1.165, 1.54) is 12.8 Å². The first-order valence-corrected chi connectivity index (χ1v) is 9.61. The second-order valence-corrected chi connectivity index (χ2v) is 7.95. The summed E-state index contributed by atoms with van der Waals surface area (Å²) in [6.07, 6.45) is 6.29. The number of aromatic nitrogens is 1. The van der Waals surface area contributed by atoms with Crippen molar-refractivity contribution in [3.05, 3.63) is 42.2 Å². The summed E-state index contributed by atoms with van der Waals surface area (Å²) in [5.41, 5.74) is 0.314. The van der Waals surface area contributed by atoms with Gasteiger partial charge in [-0.05, 0) is 36.6 Å². The second-order valence-electron chi connectivity index (χ2n) is 7.95. The SMILES string of the molecule is O=C(c1nccc2ccccc12)N1CCC2(CC(OCC3CC3)CO2)C1. The highest BCUT2D eigenvalue weighted by molar-refractivity contribution is 6.05. The molecular formula is C21H24N2O3. The van der Waals surface area contributed by atoms with Gasteiger partial charge in [0.05, 0.1) is 24.9 Å². The van der Waals surface area contributed by atoms with E-state index in [0.717, 1.165) is 42.7 Å². The lowest BCUT2D eigenvalue weighted by Crippen LogP contribution is -2.36. The number of benzene rings is 1. The summed E-state index contributed by atoms with van der Waals surface area (Å²) in [7, 11) is 0. The number of hydrogen-bond donors (Lipinski definition) is 0. The minimum absolute atomic E-state index is 0.00428. The predicted octanol–water partition coefficient (Wildman–Crippen LogP) is 3.04. The first kappa shape index (κ1) is 16.2.